The lowest BCUT2D eigenvalue weighted by Gasteiger charge is -2.34. The van der Waals surface area contributed by atoms with Crippen LogP contribution in [0.4, 0.5) is 26.3 Å². The van der Waals surface area contributed by atoms with Gasteiger partial charge < -0.3 is 4.18 Å². The summed E-state index contributed by atoms with van der Waals surface area (Å²) < 4.78 is 143. The number of hydrogen-bond acceptors (Lipinski definition) is 5. The largest absolute Gasteiger partial charge is 0.439 e. The van der Waals surface area contributed by atoms with E-state index < -0.39 is 42.3 Å². The summed E-state index contributed by atoms with van der Waals surface area (Å²) in [7, 11) is -13.5. The summed E-state index contributed by atoms with van der Waals surface area (Å²) in [5.41, 5.74) is 1.65. The summed E-state index contributed by atoms with van der Waals surface area (Å²) >= 11 is 0. The molecule has 3 aliphatic rings. The Hall–Kier alpha value is -1.54. The highest BCUT2D eigenvalue weighted by Gasteiger charge is 2.82. The second kappa shape index (κ2) is 11.9. The van der Waals surface area contributed by atoms with Crippen molar-refractivity contribution in [2.75, 3.05) is 0 Å². The number of hydrogen-bond donors (Lipinski definition) is 2. The Labute approximate surface area is 237 Å². The third-order valence-corrected chi connectivity index (χ3v) is 11.2. The van der Waals surface area contributed by atoms with Gasteiger partial charge in [0.2, 0.25) is 0 Å². The highest BCUT2D eigenvalue weighted by Crippen LogP contribution is 2.53. The standard InChI is InChI=1S/C27H37F6NO5S2/c28-25(29,27(32,33)41(36,37)38)26(30,31)40(34,35)39-24-22(19-12-6-2-7-13-19)16-21(18-10-4-1-5-11-18)17-23(24)20-14-8-3-9-15-20/h16-20,34H,1-15H2,(H,36,37,38). The Balaban J connectivity index is 1.87. The molecule has 0 saturated heterocycles. The van der Waals surface area contributed by atoms with Gasteiger partial charge in [-0.3, -0.25) is 4.55 Å². The van der Waals surface area contributed by atoms with Gasteiger partial charge in [0.15, 0.2) is 0 Å². The summed E-state index contributed by atoms with van der Waals surface area (Å²) in [6.07, 6.45) is 12.4. The molecule has 6 nitrogen and oxygen atoms in total. The zero-order valence-corrected chi connectivity index (χ0v) is 24.3. The monoisotopic (exact) mass is 633 g/mol. The zero-order valence-electron chi connectivity index (χ0n) is 22.7. The van der Waals surface area contributed by atoms with E-state index >= 15 is 8.78 Å². The molecule has 3 aliphatic carbocycles. The van der Waals surface area contributed by atoms with Crippen molar-refractivity contribution in [1.82, 2.24) is 0 Å². The van der Waals surface area contributed by atoms with Crippen molar-refractivity contribution in [3.63, 3.8) is 0 Å². The lowest BCUT2D eigenvalue weighted by Crippen LogP contribution is -2.61. The van der Waals surface area contributed by atoms with Crippen molar-refractivity contribution < 1.29 is 47.7 Å². The molecule has 0 aromatic heterocycles. The molecule has 0 spiro atoms. The number of rotatable bonds is 9. The highest BCUT2D eigenvalue weighted by molar-refractivity contribution is 7.89. The van der Waals surface area contributed by atoms with E-state index in [4.69, 9.17) is 13.5 Å². The van der Waals surface area contributed by atoms with Crippen LogP contribution in [-0.2, 0) is 20.1 Å². The van der Waals surface area contributed by atoms with Crippen molar-refractivity contribution in [2.45, 2.75) is 130 Å². The van der Waals surface area contributed by atoms with Crippen molar-refractivity contribution in [1.29, 1.82) is 4.78 Å². The van der Waals surface area contributed by atoms with Crippen LogP contribution in [0.2, 0.25) is 0 Å². The molecule has 4 rings (SSSR count). The third kappa shape index (κ3) is 6.11. The first-order chi connectivity index (χ1) is 19.0. The van der Waals surface area contributed by atoms with Crippen LogP contribution in [-0.4, -0.2) is 33.6 Å². The van der Waals surface area contributed by atoms with Crippen molar-refractivity contribution in [3.05, 3.63) is 28.8 Å². The van der Waals surface area contributed by atoms with E-state index in [1.165, 1.54) is 0 Å². The number of halogens is 6. The molecule has 1 atom stereocenters. The smallest absolute Gasteiger partial charge is 0.391 e. The Morgan fingerprint density at radius 2 is 1.02 bits per heavy atom. The van der Waals surface area contributed by atoms with E-state index in [1.807, 2.05) is 0 Å². The minimum atomic E-state index is -7.07. The van der Waals surface area contributed by atoms with Gasteiger partial charge in [-0.15, -0.1) is 0 Å². The van der Waals surface area contributed by atoms with Crippen LogP contribution >= 0.6 is 0 Å². The van der Waals surface area contributed by atoms with E-state index in [0.29, 0.717) is 36.8 Å². The van der Waals surface area contributed by atoms with Gasteiger partial charge in [-0.2, -0.15) is 34.8 Å². The lowest BCUT2D eigenvalue weighted by atomic mass is 9.75. The fourth-order valence-corrected chi connectivity index (χ4v) is 8.08. The normalized spacial score (nSPS) is 22.8. The van der Waals surface area contributed by atoms with Crippen molar-refractivity contribution in [2.24, 2.45) is 0 Å². The molecule has 1 unspecified atom stereocenters. The van der Waals surface area contributed by atoms with E-state index in [9.17, 15) is 30.2 Å². The van der Waals surface area contributed by atoms with Gasteiger partial charge in [0.1, 0.15) is 5.75 Å². The van der Waals surface area contributed by atoms with Gasteiger partial charge in [0, 0.05) is 0 Å². The molecule has 2 N–H and O–H groups in total. The van der Waals surface area contributed by atoms with E-state index in [1.54, 1.807) is 12.1 Å². The Morgan fingerprint density at radius 3 is 1.39 bits per heavy atom. The van der Waals surface area contributed by atoms with Crippen molar-refractivity contribution in [3.8, 4) is 5.75 Å². The van der Waals surface area contributed by atoms with E-state index in [2.05, 4.69) is 0 Å². The first-order valence-corrected chi connectivity index (χ1v) is 17.2. The molecule has 14 heteroatoms. The fourth-order valence-electron chi connectivity index (χ4n) is 6.57. The van der Waals surface area contributed by atoms with Gasteiger partial charge in [-0.1, -0.05) is 69.9 Å². The van der Waals surface area contributed by atoms with Gasteiger partial charge >= 0.3 is 26.5 Å². The molecular weight excluding hydrogens is 596 g/mol. The second-order valence-electron chi connectivity index (χ2n) is 11.7. The maximum atomic E-state index is 15.0. The minimum Gasteiger partial charge on any atom is -0.391 e. The van der Waals surface area contributed by atoms with Gasteiger partial charge in [0.25, 0.3) is 10.0 Å². The SMILES string of the molecule is N=S(=O)(Oc1c(C2CCCCC2)cc(C2CCCCC2)cc1C1CCCCC1)C(F)(F)C(F)(F)C(F)(F)S(=O)(=O)O. The molecule has 1 aromatic carbocycles. The predicted octanol–water partition coefficient (Wildman–Crippen LogP) is 8.88. The number of benzene rings is 1. The number of alkyl halides is 6. The Kier molecular flexibility index (Phi) is 9.36. The third-order valence-electron chi connectivity index (χ3n) is 8.93. The summed E-state index contributed by atoms with van der Waals surface area (Å²) in [6.45, 7) is 0. The first-order valence-electron chi connectivity index (χ1n) is 14.3. The maximum Gasteiger partial charge on any atom is 0.439 e. The first kappa shape index (κ1) is 32.4. The van der Waals surface area contributed by atoms with Crippen LogP contribution in [0.1, 0.15) is 131 Å². The van der Waals surface area contributed by atoms with Crippen LogP contribution in [0.3, 0.4) is 0 Å². The highest BCUT2D eigenvalue weighted by atomic mass is 32.2. The van der Waals surface area contributed by atoms with Gasteiger partial charge in [-0.25, -0.2) is 8.99 Å². The predicted molar refractivity (Wildman–Crippen MR) is 142 cm³/mol. The summed E-state index contributed by atoms with van der Waals surface area (Å²) in [5, 5.41) is -13.2. The Morgan fingerprint density at radius 1 is 0.659 bits per heavy atom. The Bertz CT molecular complexity index is 1260. The molecule has 41 heavy (non-hydrogen) atoms. The minimum absolute atomic E-state index is 0.169. The number of nitrogens with one attached hydrogen (secondary N) is 1. The molecule has 1 aromatic rings. The molecule has 0 aliphatic heterocycles. The summed E-state index contributed by atoms with van der Waals surface area (Å²) in [5.74, 6) is -7.72. The van der Waals surface area contributed by atoms with Crippen LogP contribution in [0.5, 0.6) is 5.75 Å². The fraction of sp³-hybridized carbons (Fsp3) is 0.778. The second-order valence-corrected chi connectivity index (χ2v) is 14.9. The molecule has 0 radical (unpaired) electrons. The van der Waals surface area contributed by atoms with E-state index in [0.717, 1.165) is 76.2 Å². The maximum absolute atomic E-state index is 15.0. The molecule has 234 valence electrons. The zero-order chi connectivity index (χ0) is 30.3. The molecule has 0 heterocycles. The quantitative estimate of drug-likeness (QED) is 0.209. The van der Waals surface area contributed by atoms with Crippen molar-refractivity contribution >= 4 is 20.1 Å². The van der Waals surface area contributed by atoms with Crippen LogP contribution in [0.15, 0.2) is 12.1 Å². The van der Waals surface area contributed by atoms with Crippen LogP contribution < -0.4 is 4.18 Å². The molecular formula is C27H37F6NO5S2. The molecule has 3 fully saturated rings. The lowest BCUT2D eigenvalue weighted by molar-refractivity contribution is -0.246. The average Bonchev–Trinajstić information content (AvgIpc) is 2.93. The summed E-state index contributed by atoms with van der Waals surface area (Å²) in [6, 6.07) is 3.51. The average molecular weight is 634 g/mol. The summed E-state index contributed by atoms with van der Waals surface area (Å²) in [4.78, 5) is 0. The van der Waals surface area contributed by atoms with E-state index in [-0.39, 0.29) is 17.8 Å². The topological polar surface area (TPSA) is 105 Å². The molecule has 0 amide bonds. The van der Waals surface area contributed by atoms with Gasteiger partial charge in [-0.05, 0) is 73.0 Å². The van der Waals surface area contributed by atoms with Crippen LogP contribution in [0, 0.1) is 4.78 Å². The molecule has 0 bridgehead atoms. The van der Waals surface area contributed by atoms with Crippen LogP contribution in [0.25, 0.3) is 0 Å². The van der Waals surface area contributed by atoms with Gasteiger partial charge in [0.05, 0.1) is 0 Å². The molecule has 3 saturated carbocycles.